The van der Waals surface area contributed by atoms with E-state index in [0.717, 1.165) is 19.6 Å². The molecule has 1 aromatic rings. The zero-order valence-corrected chi connectivity index (χ0v) is 14.0. The topological polar surface area (TPSA) is 66.6 Å². The fourth-order valence-electron chi connectivity index (χ4n) is 2.27. The second-order valence-corrected chi connectivity index (χ2v) is 7.96. The van der Waals surface area contributed by atoms with Crippen molar-refractivity contribution in [3.05, 3.63) is 22.7 Å². The predicted molar refractivity (Wildman–Crippen MR) is 84.0 cm³/mol. The summed E-state index contributed by atoms with van der Waals surface area (Å²) in [6, 6.07) is 4.73. The van der Waals surface area contributed by atoms with Gasteiger partial charge < -0.3 is 10.6 Å². The van der Waals surface area contributed by atoms with Gasteiger partial charge in [-0.25, -0.2) is 8.42 Å². The van der Waals surface area contributed by atoms with Crippen LogP contribution in [0.5, 0.6) is 0 Å². The second-order valence-electron chi connectivity index (χ2n) is 5.06. The van der Waals surface area contributed by atoms with E-state index in [-0.39, 0.29) is 4.90 Å². The number of sulfonamides is 1. The van der Waals surface area contributed by atoms with Gasteiger partial charge >= 0.3 is 0 Å². The van der Waals surface area contributed by atoms with Gasteiger partial charge in [0.2, 0.25) is 10.0 Å². The van der Waals surface area contributed by atoms with E-state index in [1.807, 2.05) is 0 Å². The van der Waals surface area contributed by atoms with Crippen LogP contribution < -0.4 is 5.73 Å². The molecule has 0 unspecified atom stereocenters. The molecule has 0 aliphatic carbocycles. The molecule has 20 heavy (non-hydrogen) atoms. The van der Waals surface area contributed by atoms with Crippen molar-refractivity contribution in [2.75, 3.05) is 39.0 Å². The number of benzene rings is 1. The van der Waals surface area contributed by atoms with Crippen LogP contribution in [-0.4, -0.2) is 50.8 Å². The standard InChI is InChI=1S/C13H20BrN3O2S/c1-16(8-9-17-6-2-3-7-17)20(18,19)11-4-5-12(14)13(15)10-11/h4-5,10H,2-3,6-9,15H2,1H3. The number of nitrogen functional groups attached to an aromatic ring is 1. The van der Waals surface area contributed by atoms with Gasteiger partial charge in [0.1, 0.15) is 0 Å². The fourth-order valence-corrected chi connectivity index (χ4v) is 3.72. The Kier molecular flexibility index (Phi) is 5.06. The predicted octanol–water partition coefficient (Wildman–Crippen LogP) is 1.75. The maximum Gasteiger partial charge on any atom is 0.242 e. The fraction of sp³-hybridized carbons (Fsp3) is 0.538. The van der Waals surface area contributed by atoms with E-state index in [4.69, 9.17) is 5.73 Å². The van der Waals surface area contributed by atoms with Gasteiger partial charge in [-0.2, -0.15) is 4.31 Å². The van der Waals surface area contributed by atoms with Crippen LogP contribution in [0.1, 0.15) is 12.8 Å². The highest BCUT2D eigenvalue weighted by molar-refractivity contribution is 9.10. The van der Waals surface area contributed by atoms with E-state index >= 15 is 0 Å². The first-order valence-corrected chi connectivity index (χ1v) is 8.88. The summed E-state index contributed by atoms with van der Waals surface area (Å²) in [5.41, 5.74) is 6.18. The molecule has 112 valence electrons. The Morgan fingerprint density at radius 1 is 1.35 bits per heavy atom. The molecule has 7 heteroatoms. The smallest absolute Gasteiger partial charge is 0.242 e. The number of likely N-dealkylation sites (tertiary alicyclic amines) is 1. The van der Waals surface area contributed by atoms with Crippen molar-refractivity contribution in [3.8, 4) is 0 Å². The summed E-state index contributed by atoms with van der Waals surface area (Å²) >= 11 is 3.27. The maximum atomic E-state index is 12.4. The van der Waals surface area contributed by atoms with Crippen molar-refractivity contribution in [1.29, 1.82) is 0 Å². The molecule has 1 aromatic carbocycles. The lowest BCUT2D eigenvalue weighted by Crippen LogP contribution is -2.35. The minimum Gasteiger partial charge on any atom is -0.398 e. The first kappa shape index (κ1) is 15.8. The average Bonchev–Trinajstić information content (AvgIpc) is 2.92. The number of halogens is 1. The highest BCUT2D eigenvalue weighted by Gasteiger charge is 2.22. The van der Waals surface area contributed by atoms with Crippen molar-refractivity contribution >= 4 is 31.6 Å². The molecule has 0 radical (unpaired) electrons. The van der Waals surface area contributed by atoms with Crippen LogP contribution in [0.4, 0.5) is 5.69 Å². The summed E-state index contributed by atoms with van der Waals surface area (Å²) < 4.78 is 27.0. The molecule has 2 N–H and O–H groups in total. The van der Waals surface area contributed by atoms with Gasteiger partial charge in [0.25, 0.3) is 0 Å². The first-order chi connectivity index (χ1) is 9.41. The number of rotatable bonds is 5. The largest absolute Gasteiger partial charge is 0.398 e. The van der Waals surface area contributed by atoms with Gasteiger partial charge in [0.05, 0.1) is 4.90 Å². The van der Waals surface area contributed by atoms with Crippen LogP contribution in [0.3, 0.4) is 0 Å². The van der Waals surface area contributed by atoms with Crippen molar-refractivity contribution in [2.24, 2.45) is 0 Å². The third kappa shape index (κ3) is 3.52. The molecule has 1 aliphatic rings. The molecule has 0 spiro atoms. The Balaban J connectivity index is 2.06. The molecule has 5 nitrogen and oxygen atoms in total. The van der Waals surface area contributed by atoms with Gasteiger partial charge in [-0.05, 0) is 60.1 Å². The summed E-state index contributed by atoms with van der Waals surface area (Å²) in [7, 11) is -1.85. The highest BCUT2D eigenvalue weighted by atomic mass is 79.9. The minimum absolute atomic E-state index is 0.238. The second kappa shape index (κ2) is 6.43. The van der Waals surface area contributed by atoms with Gasteiger partial charge in [0, 0.05) is 30.3 Å². The maximum absolute atomic E-state index is 12.4. The SMILES string of the molecule is CN(CCN1CCCC1)S(=O)(=O)c1ccc(Br)c(N)c1. The van der Waals surface area contributed by atoms with E-state index < -0.39 is 10.0 Å². The third-order valence-corrected chi connectivity index (χ3v) is 6.18. The summed E-state index contributed by atoms with van der Waals surface area (Å²) in [4.78, 5) is 2.53. The summed E-state index contributed by atoms with van der Waals surface area (Å²) in [5, 5.41) is 0. The van der Waals surface area contributed by atoms with E-state index in [2.05, 4.69) is 20.8 Å². The highest BCUT2D eigenvalue weighted by Crippen LogP contribution is 2.24. The summed E-state index contributed by atoms with van der Waals surface area (Å²) in [6.45, 7) is 3.41. The summed E-state index contributed by atoms with van der Waals surface area (Å²) in [6.07, 6.45) is 2.42. The van der Waals surface area contributed by atoms with Crippen LogP contribution in [0.2, 0.25) is 0 Å². The van der Waals surface area contributed by atoms with Crippen molar-refractivity contribution in [2.45, 2.75) is 17.7 Å². The van der Waals surface area contributed by atoms with Crippen LogP contribution >= 0.6 is 15.9 Å². The number of nitrogens with zero attached hydrogens (tertiary/aromatic N) is 2. The van der Waals surface area contributed by atoms with E-state index in [0.29, 0.717) is 16.7 Å². The molecule has 0 saturated carbocycles. The Hall–Kier alpha value is -0.630. The van der Waals surface area contributed by atoms with Gasteiger partial charge in [-0.1, -0.05) is 0 Å². The molecule has 0 aromatic heterocycles. The number of anilines is 1. The molecule has 1 aliphatic heterocycles. The van der Waals surface area contributed by atoms with Crippen LogP contribution in [0, 0.1) is 0 Å². The minimum atomic E-state index is -3.46. The lowest BCUT2D eigenvalue weighted by Gasteiger charge is -2.21. The molecule has 1 heterocycles. The molecule has 0 atom stereocenters. The van der Waals surface area contributed by atoms with Crippen molar-refractivity contribution in [3.63, 3.8) is 0 Å². The molecule has 0 amide bonds. The molecular weight excluding hydrogens is 342 g/mol. The van der Waals surface area contributed by atoms with Crippen LogP contribution in [-0.2, 0) is 10.0 Å². The van der Waals surface area contributed by atoms with Crippen molar-refractivity contribution in [1.82, 2.24) is 9.21 Å². The molecule has 1 fully saturated rings. The monoisotopic (exact) mass is 361 g/mol. The Morgan fingerprint density at radius 2 is 2.00 bits per heavy atom. The first-order valence-electron chi connectivity index (χ1n) is 6.65. The zero-order valence-electron chi connectivity index (χ0n) is 11.5. The number of hydrogen-bond acceptors (Lipinski definition) is 4. The van der Waals surface area contributed by atoms with Gasteiger partial charge in [-0.3, -0.25) is 0 Å². The molecule has 0 bridgehead atoms. The Labute approximate surface area is 128 Å². The van der Waals surface area contributed by atoms with Crippen LogP contribution in [0.15, 0.2) is 27.6 Å². The van der Waals surface area contributed by atoms with Crippen LogP contribution in [0.25, 0.3) is 0 Å². The number of hydrogen-bond donors (Lipinski definition) is 1. The zero-order chi connectivity index (χ0) is 14.8. The van der Waals surface area contributed by atoms with Crippen molar-refractivity contribution < 1.29 is 8.42 Å². The normalized spacial score (nSPS) is 16.9. The van der Waals surface area contributed by atoms with E-state index in [9.17, 15) is 8.42 Å². The Bertz CT molecular complexity index is 571. The average molecular weight is 362 g/mol. The Morgan fingerprint density at radius 3 is 2.60 bits per heavy atom. The quantitative estimate of drug-likeness (QED) is 0.811. The lowest BCUT2D eigenvalue weighted by atomic mass is 10.3. The molecule has 1 saturated heterocycles. The lowest BCUT2D eigenvalue weighted by molar-refractivity contribution is 0.310. The number of likely N-dealkylation sites (N-methyl/N-ethyl adjacent to an activating group) is 1. The van der Waals surface area contributed by atoms with Gasteiger partial charge in [-0.15, -0.1) is 0 Å². The third-order valence-electron chi connectivity index (χ3n) is 3.61. The van der Waals surface area contributed by atoms with E-state index in [1.165, 1.54) is 23.2 Å². The summed E-state index contributed by atoms with van der Waals surface area (Å²) in [5.74, 6) is 0. The molecular formula is C13H20BrN3O2S. The molecule has 2 rings (SSSR count). The number of nitrogens with two attached hydrogens (primary N) is 1. The van der Waals surface area contributed by atoms with Gasteiger partial charge in [0.15, 0.2) is 0 Å². The van der Waals surface area contributed by atoms with E-state index in [1.54, 1.807) is 19.2 Å².